The van der Waals surface area contributed by atoms with Gasteiger partial charge in [-0.2, -0.15) is 0 Å². The molecule has 0 aromatic rings. The molecule has 1 amide bonds. The maximum atomic E-state index is 12.4. The predicted octanol–water partition coefficient (Wildman–Crippen LogP) is 13.2. The predicted molar refractivity (Wildman–Crippen MR) is 212 cm³/mol. The minimum Gasteiger partial charge on any atom is -0.394 e. The summed E-state index contributed by atoms with van der Waals surface area (Å²) in [6, 6.07) is -0.633. The van der Waals surface area contributed by atoms with E-state index in [9.17, 15) is 15.0 Å². The topological polar surface area (TPSA) is 69.6 Å². The average molecular weight is 676 g/mol. The number of carbonyl (C=O) groups is 1. The van der Waals surface area contributed by atoms with Crippen LogP contribution in [0.5, 0.6) is 0 Å². The fraction of sp³-hybridized carbons (Fsp3) is 0.886. The number of allylic oxidation sites excluding steroid dienone is 3. The first-order valence-electron chi connectivity index (χ1n) is 21.6. The lowest BCUT2D eigenvalue weighted by Crippen LogP contribution is -2.45. The lowest BCUT2D eigenvalue weighted by molar-refractivity contribution is -0.123. The van der Waals surface area contributed by atoms with Crippen molar-refractivity contribution < 1.29 is 15.0 Å². The summed E-state index contributed by atoms with van der Waals surface area (Å²) < 4.78 is 0. The average Bonchev–Trinajstić information content (AvgIpc) is 3.09. The van der Waals surface area contributed by atoms with Crippen LogP contribution in [0.1, 0.15) is 232 Å². The van der Waals surface area contributed by atoms with Gasteiger partial charge in [0.1, 0.15) is 0 Å². The van der Waals surface area contributed by atoms with Gasteiger partial charge in [-0.25, -0.2) is 0 Å². The van der Waals surface area contributed by atoms with Crippen LogP contribution in [0.2, 0.25) is 0 Å². The Morgan fingerprint density at radius 1 is 0.479 bits per heavy atom. The molecule has 284 valence electrons. The first-order valence-corrected chi connectivity index (χ1v) is 21.6. The van der Waals surface area contributed by atoms with Crippen LogP contribution >= 0.6 is 0 Å². The Hall–Kier alpha value is -1.13. The fourth-order valence-electron chi connectivity index (χ4n) is 6.61. The number of nitrogens with one attached hydrogen (secondary N) is 1. The molecule has 0 spiro atoms. The quantitative estimate of drug-likeness (QED) is 0.0448. The van der Waals surface area contributed by atoms with Gasteiger partial charge >= 0.3 is 0 Å². The number of amides is 1. The van der Waals surface area contributed by atoms with Crippen LogP contribution in [-0.4, -0.2) is 34.9 Å². The van der Waals surface area contributed by atoms with Gasteiger partial charge in [0.25, 0.3) is 0 Å². The minimum atomic E-state index is -0.856. The summed E-state index contributed by atoms with van der Waals surface area (Å²) in [5, 5.41) is 22.9. The van der Waals surface area contributed by atoms with Gasteiger partial charge in [-0.05, 0) is 32.1 Å². The lowest BCUT2D eigenvalue weighted by atomic mass is 10.0. The van der Waals surface area contributed by atoms with Crippen molar-refractivity contribution >= 4 is 5.91 Å². The fourth-order valence-corrected chi connectivity index (χ4v) is 6.61. The van der Waals surface area contributed by atoms with Gasteiger partial charge in [0.05, 0.1) is 18.8 Å². The van der Waals surface area contributed by atoms with Crippen LogP contribution in [0.4, 0.5) is 0 Å². The van der Waals surface area contributed by atoms with E-state index in [1.807, 2.05) is 6.08 Å². The van der Waals surface area contributed by atoms with Crippen molar-refractivity contribution in [3.05, 3.63) is 24.3 Å². The highest BCUT2D eigenvalue weighted by molar-refractivity contribution is 5.76. The SMILES string of the molecule is CCCCCCCCCC=CCCC=CC(O)C(CO)NC(=O)CCCCCCCCCCCCCCCCCCCCCCCCC. The van der Waals surface area contributed by atoms with E-state index in [1.54, 1.807) is 6.08 Å². The molecule has 4 nitrogen and oxygen atoms in total. The number of aliphatic hydroxyl groups is 2. The van der Waals surface area contributed by atoms with E-state index in [0.717, 1.165) is 32.1 Å². The molecule has 0 rings (SSSR count). The molecule has 0 fully saturated rings. The zero-order valence-electron chi connectivity index (χ0n) is 32.5. The molecular formula is C44H85NO3. The Morgan fingerprint density at radius 2 is 0.812 bits per heavy atom. The number of hydrogen-bond acceptors (Lipinski definition) is 3. The molecule has 0 saturated heterocycles. The van der Waals surface area contributed by atoms with Crippen molar-refractivity contribution in [2.45, 2.75) is 244 Å². The zero-order chi connectivity index (χ0) is 35.0. The Kier molecular flexibility index (Phi) is 39.4. The molecule has 48 heavy (non-hydrogen) atoms. The van der Waals surface area contributed by atoms with Crippen LogP contribution in [0.15, 0.2) is 24.3 Å². The Labute approximate surface area is 300 Å². The van der Waals surface area contributed by atoms with Crippen LogP contribution in [0.25, 0.3) is 0 Å². The van der Waals surface area contributed by atoms with E-state index in [1.165, 1.54) is 180 Å². The summed E-state index contributed by atoms with van der Waals surface area (Å²) in [7, 11) is 0. The molecule has 0 bridgehead atoms. The molecule has 0 aliphatic rings. The zero-order valence-corrected chi connectivity index (χ0v) is 32.5. The molecule has 4 heteroatoms. The Morgan fingerprint density at radius 3 is 1.21 bits per heavy atom. The van der Waals surface area contributed by atoms with E-state index < -0.39 is 12.1 Å². The molecule has 2 unspecified atom stereocenters. The number of carbonyl (C=O) groups excluding carboxylic acids is 1. The Bertz CT molecular complexity index is 691. The van der Waals surface area contributed by atoms with Gasteiger partial charge in [0.2, 0.25) is 5.91 Å². The molecule has 3 N–H and O–H groups in total. The largest absolute Gasteiger partial charge is 0.394 e. The summed E-state index contributed by atoms with van der Waals surface area (Å²) >= 11 is 0. The van der Waals surface area contributed by atoms with Crippen molar-refractivity contribution in [3.63, 3.8) is 0 Å². The number of hydrogen-bond donors (Lipinski definition) is 3. The van der Waals surface area contributed by atoms with Crippen LogP contribution in [0.3, 0.4) is 0 Å². The third-order valence-corrected chi connectivity index (χ3v) is 9.94. The maximum Gasteiger partial charge on any atom is 0.220 e. The summed E-state index contributed by atoms with van der Waals surface area (Å²) in [4.78, 5) is 12.4. The molecule has 0 aliphatic carbocycles. The molecule has 0 saturated carbocycles. The van der Waals surface area contributed by atoms with Crippen LogP contribution in [0, 0.1) is 0 Å². The van der Waals surface area contributed by atoms with Crippen LogP contribution in [-0.2, 0) is 4.79 Å². The third-order valence-electron chi connectivity index (χ3n) is 9.94. The molecule has 0 aliphatic heterocycles. The first-order chi connectivity index (χ1) is 23.7. The lowest BCUT2D eigenvalue weighted by Gasteiger charge is -2.19. The third kappa shape index (κ3) is 36.2. The van der Waals surface area contributed by atoms with Crippen molar-refractivity contribution in [2.24, 2.45) is 0 Å². The second-order valence-corrected chi connectivity index (χ2v) is 14.8. The summed E-state index contributed by atoms with van der Waals surface area (Å²) in [6.07, 6.45) is 51.5. The van der Waals surface area contributed by atoms with Crippen molar-refractivity contribution in [1.29, 1.82) is 0 Å². The highest BCUT2D eigenvalue weighted by Crippen LogP contribution is 2.16. The van der Waals surface area contributed by atoms with Gasteiger partial charge in [0, 0.05) is 6.42 Å². The van der Waals surface area contributed by atoms with E-state index in [2.05, 4.69) is 31.3 Å². The normalized spacial score (nSPS) is 13.2. The maximum absolute atomic E-state index is 12.4. The second-order valence-electron chi connectivity index (χ2n) is 14.8. The monoisotopic (exact) mass is 676 g/mol. The van der Waals surface area contributed by atoms with Gasteiger partial charge in [-0.1, -0.05) is 218 Å². The van der Waals surface area contributed by atoms with Gasteiger partial charge in [0.15, 0.2) is 0 Å². The number of unbranched alkanes of at least 4 members (excludes halogenated alkanes) is 30. The van der Waals surface area contributed by atoms with Gasteiger partial charge in [-0.3, -0.25) is 4.79 Å². The van der Waals surface area contributed by atoms with Crippen molar-refractivity contribution in [1.82, 2.24) is 5.32 Å². The molecule has 0 radical (unpaired) electrons. The van der Waals surface area contributed by atoms with Crippen molar-refractivity contribution in [3.8, 4) is 0 Å². The van der Waals surface area contributed by atoms with Gasteiger partial charge in [-0.15, -0.1) is 0 Å². The van der Waals surface area contributed by atoms with E-state index in [-0.39, 0.29) is 12.5 Å². The molecular weight excluding hydrogens is 590 g/mol. The summed E-state index contributed by atoms with van der Waals surface area (Å²) in [6.45, 7) is 4.30. The van der Waals surface area contributed by atoms with Gasteiger partial charge < -0.3 is 15.5 Å². The number of aliphatic hydroxyl groups excluding tert-OH is 2. The first kappa shape index (κ1) is 46.9. The highest BCUT2D eigenvalue weighted by Gasteiger charge is 2.17. The van der Waals surface area contributed by atoms with Crippen LogP contribution < -0.4 is 5.32 Å². The summed E-state index contributed by atoms with van der Waals surface area (Å²) in [5.74, 6) is -0.0710. The molecule has 0 aromatic carbocycles. The van der Waals surface area contributed by atoms with E-state index >= 15 is 0 Å². The Balaban J connectivity index is 3.52. The van der Waals surface area contributed by atoms with E-state index in [0.29, 0.717) is 6.42 Å². The molecule has 0 aromatic heterocycles. The smallest absolute Gasteiger partial charge is 0.220 e. The van der Waals surface area contributed by atoms with Crippen molar-refractivity contribution in [2.75, 3.05) is 6.61 Å². The highest BCUT2D eigenvalue weighted by atomic mass is 16.3. The standard InChI is InChI=1S/C44H85NO3/c1-3-5-7-9-11-13-15-17-18-19-20-21-22-23-24-25-26-28-30-32-34-36-38-40-44(48)45-42(41-46)43(47)39-37-35-33-31-29-27-16-14-12-10-8-6-4-2/h29,31,37,39,42-43,46-47H,3-28,30,32-36,38,40-41H2,1-2H3,(H,45,48). The molecule has 0 heterocycles. The van der Waals surface area contributed by atoms with E-state index in [4.69, 9.17) is 0 Å². The number of rotatable bonds is 39. The minimum absolute atomic E-state index is 0.0710. The summed E-state index contributed by atoms with van der Waals surface area (Å²) in [5.41, 5.74) is 0. The second kappa shape index (κ2) is 40.3. The molecule has 2 atom stereocenters.